The van der Waals surface area contributed by atoms with Crippen LogP contribution in [0, 0.1) is 0 Å². The Hall–Kier alpha value is -1.43. The van der Waals surface area contributed by atoms with Gasteiger partial charge in [0.15, 0.2) is 0 Å². The Morgan fingerprint density at radius 1 is 1.53 bits per heavy atom. The average molecular weight is 306 g/mol. The van der Waals surface area contributed by atoms with Crippen LogP contribution in [0.25, 0.3) is 6.08 Å². The number of rotatable bonds is 4. The number of halogens is 3. The summed E-state index contributed by atoms with van der Waals surface area (Å²) in [6.07, 6.45) is 2.64. The molecule has 6 heteroatoms. The zero-order valence-corrected chi connectivity index (χ0v) is 10.5. The van der Waals surface area contributed by atoms with E-state index in [1.165, 1.54) is 25.3 Å². The fourth-order valence-electron chi connectivity index (χ4n) is 1.10. The van der Waals surface area contributed by atoms with Crippen LogP contribution < -0.4 is 10.1 Å². The SMILES string of the molecule is CNC(=O)/C=C/c1cc(Br)ccc1OC(F)F. The van der Waals surface area contributed by atoms with Gasteiger partial charge in [-0.05, 0) is 24.3 Å². The number of ether oxygens (including phenoxy) is 1. The van der Waals surface area contributed by atoms with Crippen LogP contribution in [0.1, 0.15) is 5.56 Å². The average Bonchev–Trinajstić information content (AvgIpc) is 2.28. The molecule has 0 saturated carbocycles. The van der Waals surface area contributed by atoms with Crippen LogP contribution in [-0.4, -0.2) is 19.6 Å². The summed E-state index contributed by atoms with van der Waals surface area (Å²) >= 11 is 3.21. The first-order chi connectivity index (χ1) is 8.02. The Labute approximate surface area is 106 Å². The molecule has 0 aromatic heterocycles. The van der Waals surface area contributed by atoms with Gasteiger partial charge in [-0.15, -0.1) is 0 Å². The lowest BCUT2D eigenvalue weighted by Crippen LogP contribution is -2.13. The van der Waals surface area contributed by atoms with Crippen molar-refractivity contribution < 1.29 is 18.3 Å². The molecule has 92 valence electrons. The summed E-state index contributed by atoms with van der Waals surface area (Å²) < 4.78 is 29.3. The molecular weight excluding hydrogens is 296 g/mol. The number of hydrogen-bond acceptors (Lipinski definition) is 2. The maximum absolute atomic E-state index is 12.1. The second-order valence-corrected chi connectivity index (χ2v) is 3.92. The predicted molar refractivity (Wildman–Crippen MR) is 63.9 cm³/mol. The number of likely N-dealkylation sites (N-methyl/N-ethyl adjacent to an activating group) is 1. The van der Waals surface area contributed by atoms with Crippen LogP contribution in [0.4, 0.5) is 8.78 Å². The highest BCUT2D eigenvalue weighted by molar-refractivity contribution is 9.10. The molecule has 1 rings (SSSR count). The molecule has 0 fully saturated rings. The molecule has 0 radical (unpaired) electrons. The Balaban J connectivity index is 2.98. The van der Waals surface area contributed by atoms with Crippen molar-refractivity contribution in [2.45, 2.75) is 6.61 Å². The summed E-state index contributed by atoms with van der Waals surface area (Å²) in [5, 5.41) is 2.38. The molecule has 1 aromatic carbocycles. The van der Waals surface area contributed by atoms with Crippen molar-refractivity contribution in [1.82, 2.24) is 5.32 Å². The van der Waals surface area contributed by atoms with Gasteiger partial charge in [0.25, 0.3) is 0 Å². The van der Waals surface area contributed by atoms with E-state index in [1.807, 2.05) is 0 Å². The predicted octanol–water partition coefficient (Wildman–Crippen LogP) is 2.81. The van der Waals surface area contributed by atoms with Crippen LogP contribution in [0.15, 0.2) is 28.7 Å². The van der Waals surface area contributed by atoms with Crippen molar-refractivity contribution in [3.8, 4) is 5.75 Å². The van der Waals surface area contributed by atoms with E-state index in [0.717, 1.165) is 0 Å². The van der Waals surface area contributed by atoms with Crippen LogP contribution in [0.5, 0.6) is 5.75 Å². The maximum atomic E-state index is 12.1. The molecule has 0 unspecified atom stereocenters. The maximum Gasteiger partial charge on any atom is 0.387 e. The lowest BCUT2D eigenvalue weighted by atomic mass is 10.2. The van der Waals surface area contributed by atoms with E-state index in [2.05, 4.69) is 26.0 Å². The van der Waals surface area contributed by atoms with E-state index in [9.17, 15) is 13.6 Å². The Morgan fingerprint density at radius 3 is 2.82 bits per heavy atom. The van der Waals surface area contributed by atoms with Gasteiger partial charge in [-0.3, -0.25) is 4.79 Å². The third-order valence-electron chi connectivity index (χ3n) is 1.85. The first kappa shape index (κ1) is 13.6. The molecule has 0 aliphatic heterocycles. The second kappa shape index (κ2) is 6.34. The standard InChI is InChI=1S/C11H10BrF2NO2/c1-15-10(16)5-2-7-6-8(12)3-4-9(7)17-11(13)14/h2-6,11H,1H3,(H,15,16)/b5-2+. The van der Waals surface area contributed by atoms with Crippen molar-refractivity contribution in [1.29, 1.82) is 0 Å². The van der Waals surface area contributed by atoms with Crippen molar-refractivity contribution in [2.24, 2.45) is 0 Å². The number of carbonyl (C=O) groups excluding carboxylic acids is 1. The topological polar surface area (TPSA) is 38.3 Å². The third-order valence-corrected chi connectivity index (χ3v) is 2.34. The minimum absolute atomic E-state index is 0.0170. The molecule has 3 nitrogen and oxygen atoms in total. The minimum atomic E-state index is -2.90. The molecule has 0 aliphatic rings. The number of nitrogens with one attached hydrogen (secondary N) is 1. The molecule has 0 heterocycles. The van der Waals surface area contributed by atoms with Crippen LogP contribution >= 0.6 is 15.9 Å². The number of hydrogen-bond donors (Lipinski definition) is 1. The summed E-state index contributed by atoms with van der Waals surface area (Å²) in [6.45, 7) is -2.90. The highest BCUT2D eigenvalue weighted by atomic mass is 79.9. The van der Waals surface area contributed by atoms with E-state index in [-0.39, 0.29) is 11.7 Å². The fraction of sp³-hybridized carbons (Fsp3) is 0.182. The van der Waals surface area contributed by atoms with Crippen LogP contribution in [-0.2, 0) is 4.79 Å². The first-order valence-corrected chi connectivity index (χ1v) is 5.46. The molecule has 0 aliphatic carbocycles. The quantitative estimate of drug-likeness (QED) is 0.869. The Bertz CT molecular complexity index is 435. The third kappa shape index (κ3) is 4.52. The van der Waals surface area contributed by atoms with Crippen molar-refractivity contribution in [3.63, 3.8) is 0 Å². The smallest absolute Gasteiger partial charge is 0.387 e. The summed E-state index contributed by atoms with van der Waals surface area (Å²) in [5.74, 6) is -0.309. The number of carbonyl (C=O) groups is 1. The van der Waals surface area contributed by atoms with Gasteiger partial charge >= 0.3 is 6.61 Å². The summed E-state index contributed by atoms with van der Waals surface area (Å²) in [7, 11) is 1.48. The monoisotopic (exact) mass is 305 g/mol. The molecule has 1 aromatic rings. The highest BCUT2D eigenvalue weighted by Gasteiger charge is 2.08. The summed E-state index contributed by atoms with van der Waals surface area (Å²) in [5.41, 5.74) is 0.392. The van der Waals surface area contributed by atoms with Crippen LogP contribution in [0.3, 0.4) is 0 Å². The summed E-state index contributed by atoms with van der Waals surface area (Å²) in [6, 6.07) is 4.56. The van der Waals surface area contributed by atoms with E-state index < -0.39 is 6.61 Å². The molecule has 1 amide bonds. The Morgan fingerprint density at radius 2 is 2.24 bits per heavy atom. The lowest BCUT2D eigenvalue weighted by Gasteiger charge is -2.08. The van der Waals surface area contributed by atoms with Gasteiger partial charge in [0, 0.05) is 23.2 Å². The second-order valence-electron chi connectivity index (χ2n) is 3.01. The van der Waals surface area contributed by atoms with E-state index in [0.29, 0.717) is 10.0 Å². The molecule has 0 spiro atoms. The minimum Gasteiger partial charge on any atom is -0.434 e. The molecular formula is C11H10BrF2NO2. The zero-order chi connectivity index (χ0) is 12.8. The lowest BCUT2D eigenvalue weighted by molar-refractivity contribution is -0.115. The number of benzene rings is 1. The molecule has 1 N–H and O–H groups in total. The number of amides is 1. The molecule has 17 heavy (non-hydrogen) atoms. The van der Waals surface area contributed by atoms with Gasteiger partial charge in [0.05, 0.1) is 0 Å². The summed E-state index contributed by atoms with van der Waals surface area (Å²) in [4.78, 5) is 11.0. The van der Waals surface area contributed by atoms with Gasteiger partial charge in [-0.25, -0.2) is 0 Å². The van der Waals surface area contributed by atoms with Crippen LogP contribution in [0.2, 0.25) is 0 Å². The normalized spacial score (nSPS) is 10.9. The van der Waals surface area contributed by atoms with E-state index in [1.54, 1.807) is 12.1 Å². The van der Waals surface area contributed by atoms with Crippen molar-refractivity contribution in [2.75, 3.05) is 7.05 Å². The fourth-order valence-corrected chi connectivity index (χ4v) is 1.48. The highest BCUT2D eigenvalue weighted by Crippen LogP contribution is 2.25. The first-order valence-electron chi connectivity index (χ1n) is 4.67. The van der Waals surface area contributed by atoms with Gasteiger partial charge in [-0.1, -0.05) is 15.9 Å². The number of alkyl halides is 2. The van der Waals surface area contributed by atoms with Gasteiger partial charge in [0.2, 0.25) is 5.91 Å². The van der Waals surface area contributed by atoms with E-state index in [4.69, 9.17) is 0 Å². The van der Waals surface area contributed by atoms with Gasteiger partial charge in [0.1, 0.15) is 5.75 Å². The zero-order valence-electron chi connectivity index (χ0n) is 8.91. The van der Waals surface area contributed by atoms with Gasteiger partial charge in [-0.2, -0.15) is 8.78 Å². The van der Waals surface area contributed by atoms with E-state index >= 15 is 0 Å². The van der Waals surface area contributed by atoms with Crippen molar-refractivity contribution in [3.05, 3.63) is 34.3 Å². The van der Waals surface area contributed by atoms with Gasteiger partial charge < -0.3 is 10.1 Å². The molecule has 0 atom stereocenters. The molecule has 0 bridgehead atoms. The Kier molecular flexibility index (Phi) is 5.09. The van der Waals surface area contributed by atoms with Crippen molar-refractivity contribution >= 4 is 27.9 Å². The largest absolute Gasteiger partial charge is 0.434 e. The molecule has 0 saturated heterocycles.